The SMILES string of the molecule is Nc1nc(N2CCN(c3ncnc(NC4CC4)n3)CC2)ncc1Cc1ccccc1. The van der Waals surface area contributed by atoms with Gasteiger partial charge in [-0.15, -0.1) is 0 Å². The summed E-state index contributed by atoms with van der Waals surface area (Å²) in [6.45, 7) is 3.16. The van der Waals surface area contributed by atoms with Crippen LogP contribution in [0.2, 0.25) is 0 Å². The van der Waals surface area contributed by atoms with E-state index in [1.54, 1.807) is 6.33 Å². The molecule has 0 amide bonds. The van der Waals surface area contributed by atoms with Crippen molar-refractivity contribution in [3.8, 4) is 0 Å². The van der Waals surface area contributed by atoms with Crippen molar-refractivity contribution in [3.05, 3.63) is 54.0 Å². The van der Waals surface area contributed by atoms with Crippen molar-refractivity contribution >= 4 is 23.7 Å². The van der Waals surface area contributed by atoms with Crippen molar-refractivity contribution in [2.75, 3.05) is 47.0 Å². The van der Waals surface area contributed by atoms with Crippen LogP contribution in [-0.2, 0) is 6.42 Å². The molecule has 1 aliphatic carbocycles. The zero-order valence-electron chi connectivity index (χ0n) is 16.8. The summed E-state index contributed by atoms with van der Waals surface area (Å²) in [4.78, 5) is 26.6. The molecule has 1 aromatic carbocycles. The number of nitrogen functional groups attached to an aromatic ring is 1. The van der Waals surface area contributed by atoms with Crippen LogP contribution in [-0.4, -0.2) is 57.1 Å². The summed E-state index contributed by atoms with van der Waals surface area (Å²) >= 11 is 0. The van der Waals surface area contributed by atoms with Crippen molar-refractivity contribution in [3.63, 3.8) is 0 Å². The maximum absolute atomic E-state index is 6.23. The van der Waals surface area contributed by atoms with Gasteiger partial charge in [0.05, 0.1) is 0 Å². The van der Waals surface area contributed by atoms with Crippen molar-refractivity contribution in [1.82, 2.24) is 24.9 Å². The summed E-state index contributed by atoms with van der Waals surface area (Å²) in [7, 11) is 0. The van der Waals surface area contributed by atoms with Crippen LogP contribution in [0.1, 0.15) is 24.0 Å². The topological polar surface area (TPSA) is 109 Å². The first-order valence-corrected chi connectivity index (χ1v) is 10.4. The lowest BCUT2D eigenvalue weighted by Crippen LogP contribution is -2.47. The summed E-state index contributed by atoms with van der Waals surface area (Å²) in [5, 5.41) is 3.33. The van der Waals surface area contributed by atoms with Crippen LogP contribution in [0.5, 0.6) is 0 Å². The van der Waals surface area contributed by atoms with Gasteiger partial charge in [0, 0.05) is 50.4 Å². The number of hydrogen-bond donors (Lipinski definition) is 2. The van der Waals surface area contributed by atoms with Crippen LogP contribution in [0.15, 0.2) is 42.9 Å². The van der Waals surface area contributed by atoms with Crippen LogP contribution in [0.25, 0.3) is 0 Å². The fourth-order valence-corrected chi connectivity index (χ4v) is 3.54. The Balaban J connectivity index is 1.21. The molecule has 30 heavy (non-hydrogen) atoms. The van der Waals surface area contributed by atoms with Gasteiger partial charge < -0.3 is 20.9 Å². The molecule has 3 N–H and O–H groups in total. The molecule has 5 rings (SSSR count). The van der Waals surface area contributed by atoms with E-state index >= 15 is 0 Å². The second-order valence-electron chi connectivity index (χ2n) is 7.74. The smallest absolute Gasteiger partial charge is 0.230 e. The van der Waals surface area contributed by atoms with Gasteiger partial charge in [0.25, 0.3) is 0 Å². The van der Waals surface area contributed by atoms with E-state index in [0.717, 1.165) is 38.2 Å². The molecule has 0 radical (unpaired) electrons. The van der Waals surface area contributed by atoms with E-state index in [1.807, 2.05) is 24.4 Å². The minimum atomic E-state index is 0.518. The number of piperazine rings is 1. The van der Waals surface area contributed by atoms with Crippen LogP contribution >= 0.6 is 0 Å². The van der Waals surface area contributed by atoms with Crippen molar-refractivity contribution in [1.29, 1.82) is 0 Å². The first-order valence-electron chi connectivity index (χ1n) is 10.4. The van der Waals surface area contributed by atoms with Crippen LogP contribution < -0.4 is 20.9 Å². The lowest BCUT2D eigenvalue weighted by Gasteiger charge is -2.34. The number of aromatic nitrogens is 5. The van der Waals surface area contributed by atoms with E-state index in [2.05, 4.69) is 52.2 Å². The molecule has 0 spiro atoms. The van der Waals surface area contributed by atoms with Gasteiger partial charge in [0.2, 0.25) is 17.8 Å². The molecule has 9 nitrogen and oxygen atoms in total. The summed E-state index contributed by atoms with van der Waals surface area (Å²) in [5.41, 5.74) is 8.38. The van der Waals surface area contributed by atoms with Gasteiger partial charge in [-0.05, 0) is 18.4 Å². The second-order valence-corrected chi connectivity index (χ2v) is 7.74. The number of rotatable bonds is 6. The average Bonchev–Trinajstić information content (AvgIpc) is 3.60. The van der Waals surface area contributed by atoms with E-state index in [-0.39, 0.29) is 0 Å². The summed E-state index contributed by atoms with van der Waals surface area (Å²) in [6, 6.07) is 10.7. The van der Waals surface area contributed by atoms with Crippen molar-refractivity contribution in [2.45, 2.75) is 25.3 Å². The second kappa shape index (κ2) is 8.10. The minimum Gasteiger partial charge on any atom is -0.383 e. The third-order valence-corrected chi connectivity index (χ3v) is 5.44. The number of benzene rings is 1. The molecule has 3 aromatic rings. The molecule has 0 atom stereocenters. The van der Waals surface area contributed by atoms with E-state index < -0.39 is 0 Å². The fourth-order valence-electron chi connectivity index (χ4n) is 3.54. The third kappa shape index (κ3) is 4.24. The molecule has 2 aromatic heterocycles. The molecule has 0 unspecified atom stereocenters. The molecule has 1 aliphatic heterocycles. The normalized spacial score (nSPS) is 16.5. The Hall–Kier alpha value is -3.49. The Morgan fingerprint density at radius 2 is 1.60 bits per heavy atom. The lowest BCUT2D eigenvalue weighted by molar-refractivity contribution is 0.627. The predicted octanol–water partition coefficient (Wildman–Crippen LogP) is 1.74. The minimum absolute atomic E-state index is 0.518. The molecule has 2 aliphatic rings. The zero-order chi connectivity index (χ0) is 20.3. The van der Waals surface area contributed by atoms with Gasteiger partial charge >= 0.3 is 0 Å². The highest BCUT2D eigenvalue weighted by molar-refractivity contribution is 5.47. The number of anilines is 4. The van der Waals surface area contributed by atoms with E-state index in [9.17, 15) is 0 Å². The van der Waals surface area contributed by atoms with Crippen LogP contribution in [0.3, 0.4) is 0 Å². The molecular formula is C21H25N9. The highest BCUT2D eigenvalue weighted by atomic mass is 15.4. The summed E-state index contributed by atoms with van der Waals surface area (Å²) < 4.78 is 0. The first kappa shape index (κ1) is 18.5. The Kier molecular flexibility index (Phi) is 5.00. The number of nitrogens with two attached hydrogens (primary N) is 1. The monoisotopic (exact) mass is 403 g/mol. The van der Waals surface area contributed by atoms with Gasteiger partial charge in [-0.25, -0.2) is 15.0 Å². The molecule has 0 bridgehead atoms. The predicted molar refractivity (Wildman–Crippen MR) is 117 cm³/mol. The zero-order valence-corrected chi connectivity index (χ0v) is 16.8. The van der Waals surface area contributed by atoms with Crippen LogP contribution in [0, 0.1) is 0 Å². The lowest BCUT2D eigenvalue weighted by atomic mass is 10.1. The third-order valence-electron chi connectivity index (χ3n) is 5.44. The molecule has 2 fully saturated rings. The van der Waals surface area contributed by atoms with E-state index in [4.69, 9.17) is 5.73 Å². The maximum atomic E-state index is 6.23. The Morgan fingerprint density at radius 1 is 0.900 bits per heavy atom. The highest BCUT2D eigenvalue weighted by Crippen LogP contribution is 2.24. The van der Waals surface area contributed by atoms with Crippen LogP contribution in [0.4, 0.5) is 23.7 Å². The standard InChI is InChI=1S/C21H25N9/c22-18-16(12-15-4-2-1-3-5-15)13-23-20(27-18)29-8-10-30(11-9-29)21-25-14-24-19(28-21)26-17-6-7-17/h1-5,13-14,17H,6-12H2,(H2,22,23,27)(H,24,25,26,28). The van der Waals surface area contributed by atoms with Gasteiger partial charge in [-0.2, -0.15) is 9.97 Å². The van der Waals surface area contributed by atoms with E-state index in [1.165, 1.54) is 18.4 Å². The first-order chi connectivity index (χ1) is 14.7. The molecular weight excluding hydrogens is 378 g/mol. The van der Waals surface area contributed by atoms with Crippen molar-refractivity contribution < 1.29 is 0 Å². The molecule has 3 heterocycles. The fraction of sp³-hybridized carbons (Fsp3) is 0.381. The van der Waals surface area contributed by atoms with Gasteiger partial charge in [0.1, 0.15) is 12.1 Å². The molecule has 154 valence electrons. The Labute approximate surface area is 175 Å². The molecule has 9 heteroatoms. The molecule has 1 saturated heterocycles. The molecule has 1 saturated carbocycles. The van der Waals surface area contributed by atoms with Gasteiger partial charge in [-0.1, -0.05) is 30.3 Å². The van der Waals surface area contributed by atoms with Gasteiger partial charge in [-0.3, -0.25) is 0 Å². The maximum Gasteiger partial charge on any atom is 0.230 e. The summed E-state index contributed by atoms with van der Waals surface area (Å²) in [5.74, 6) is 2.59. The highest BCUT2D eigenvalue weighted by Gasteiger charge is 2.24. The Morgan fingerprint density at radius 3 is 2.27 bits per heavy atom. The number of nitrogens with one attached hydrogen (secondary N) is 1. The van der Waals surface area contributed by atoms with Gasteiger partial charge in [0.15, 0.2) is 0 Å². The number of hydrogen-bond acceptors (Lipinski definition) is 9. The summed E-state index contributed by atoms with van der Waals surface area (Å²) in [6.07, 6.45) is 6.53. The Bertz CT molecular complexity index is 998. The number of nitrogens with zero attached hydrogens (tertiary/aromatic N) is 7. The quantitative estimate of drug-likeness (QED) is 0.636. The van der Waals surface area contributed by atoms with E-state index in [0.29, 0.717) is 29.7 Å². The largest absolute Gasteiger partial charge is 0.383 e. The average molecular weight is 403 g/mol. The van der Waals surface area contributed by atoms with Crippen molar-refractivity contribution in [2.24, 2.45) is 0 Å².